The Morgan fingerprint density at radius 3 is 2.79 bits per heavy atom. The molecule has 0 unspecified atom stereocenters. The number of aryl methyl sites for hydroxylation is 2. The monoisotopic (exact) mass is 302 g/mol. The second kappa shape index (κ2) is 5.37. The lowest BCUT2D eigenvalue weighted by molar-refractivity contribution is 0.277. The third-order valence-corrected chi connectivity index (χ3v) is 5.02. The van der Waals surface area contributed by atoms with Crippen molar-refractivity contribution in [1.29, 1.82) is 0 Å². The molecule has 0 aliphatic carbocycles. The Balaban J connectivity index is 2.21. The average molecular weight is 302 g/mol. The van der Waals surface area contributed by atoms with E-state index in [9.17, 15) is 13.5 Å². The summed E-state index contributed by atoms with van der Waals surface area (Å²) in [5.41, 5.74) is 3.29. The van der Waals surface area contributed by atoms with Crippen LogP contribution in [-0.2, 0) is 23.2 Å². The molecule has 0 radical (unpaired) electrons. The van der Waals surface area contributed by atoms with Crippen molar-refractivity contribution in [2.24, 2.45) is 0 Å². The Bertz CT molecular complexity index is 675. The maximum atomic E-state index is 12.1. The van der Waals surface area contributed by atoms with Crippen LogP contribution in [0.5, 0.6) is 0 Å². The zero-order valence-corrected chi connectivity index (χ0v) is 12.1. The van der Waals surface area contributed by atoms with Gasteiger partial charge in [0.2, 0.25) is 0 Å². The number of rotatable bonds is 5. The quantitative estimate of drug-likeness (QED) is 0.743. The largest absolute Gasteiger partial charge is 0.392 e. The van der Waals surface area contributed by atoms with E-state index in [1.54, 1.807) is 12.4 Å². The van der Waals surface area contributed by atoms with Gasteiger partial charge in [-0.25, -0.2) is 18.1 Å². The zero-order chi connectivity index (χ0) is 14.0. The van der Waals surface area contributed by atoms with Gasteiger partial charge in [0, 0.05) is 22.7 Å². The van der Waals surface area contributed by atoms with Gasteiger partial charge in [0.15, 0.2) is 5.03 Å². The van der Waals surface area contributed by atoms with E-state index < -0.39 is 10.0 Å². The average Bonchev–Trinajstić information content (AvgIpc) is 2.93. The summed E-state index contributed by atoms with van der Waals surface area (Å²) in [5.74, 6) is 0. The molecule has 19 heavy (non-hydrogen) atoms. The molecule has 2 rings (SSSR count). The molecule has 0 fully saturated rings. The van der Waals surface area contributed by atoms with E-state index in [0.29, 0.717) is 5.69 Å². The SMILES string of the molecule is Cc1ncsc1CNS(=O)(=O)c1n[nH]c(C)c1CO. The molecule has 0 amide bonds. The van der Waals surface area contributed by atoms with Gasteiger partial charge in [-0.15, -0.1) is 11.3 Å². The summed E-state index contributed by atoms with van der Waals surface area (Å²) in [5, 5.41) is 15.3. The highest BCUT2D eigenvalue weighted by molar-refractivity contribution is 7.89. The van der Waals surface area contributed by atoms with Crippen LogP contribution in [0.15, 0.2) is 10.5 Å². The Morgan fingerprint density at radius 2 is 2.21 bits per heavy atom. The van der Waals surface area contributed by atoms with E-state index in [0.717, 1.165) is 10.6 Å². The maximum Gasteiger partial charge on any atom is 0.260 e. The molecule has 7 nitrogen and oxygen atoms in total. The second-order valence-corrected chi connectivity index (χ2v) is 6.60. The van der Waals surface area contributed by atoms with Gasteiger partial charge in [0.1, 0.15) is 0 Å². The Hall–Kier alpha value is -1.29. The summed E-state index contributed by atoms with van der Waals surface area (Å²) in [4.78, 5) is 4.90. The molecule has 0 saturated heterocycles. The first kappa shape index (κ1) is 14.1. The van der Waals surface area contributed by atoms with Crippen molar-refractivity contribution in [3.63, 3.8) is 0 Å². The van der Waals surface area contributed by atoms with Gasteiger partial charge in [-0.2, -0.15) is 5.10 Å². The number of nitrogens with zero attached hydrogens (tertiary/aromatic N) is 2. The van der Waals surface area contributed by atoms with Crippen LogP contribution in [0.25, 0.3) is 0 Å². The van der Waals surface area contributed by atoms with Crippen LogP contribution in [0.2, 0.25) is 0 Å². The highest BCUT2D eigenvalue weighted by Crippen LogP contribution is 2.17. The predicted octanol–water partition coefficient (Wildman–Crippen LogP) is 0.454. The standard InChI is InChI=1S/C10H14N4O3S2/c1-6-8(4-15)10(14-13-6)19(16,17)12-3-9-7(2)11-5-18-9/h5,12,15H,3-4H2,1-2H3,(H,13,14). The highest BCUT2D eigenvalue weighted by Gasteiger charge is 2.23. The number of H-pyrrole nitrogens is 1. The summed E-state index contributed by atoms with van der Waals surface area (Å²) >= 11 is 1.38. The molecule has 0 spiro atoms. The zero-order valence-electron chi connectivity index (χ0n) is 10.5. The minimum absolute atomic E-state index is 0.158. The van der Waals surface area contributed by atoms with E-state index >= 15 is 0 Å². The molecule has 0 saturated carbocycles. The van der Waals surface area contributed by atoms with Crippen molar-refractivity contribution >= 4 is 21.4 Å². The number of thiazole rings is 1. The first-order valence-corrected chi connectivity index (χ1v) is 7.85. The number of aromatic nitrogens is 3. The van der Waals surface area contributed by atoms with Crippen molar-refractivity contribution < 1.29 is 13.5 Å². The molecule has 0 atom stereocenters. The van der Waals surface area contributed by atoms with Crippen molar-refractivity contribution in [3.8, 4) is 0 Å². The first-order valence-electron chi connectivity index (χ1n) is 5.49. The minimum Gasteiger partial charge on any atom is -0.392 e. The van der Waals surface area contributed by atoms with Gasteiger partial charge in [0.25, 0.3) is 10.0 Å². The molecule has 2 heterocycles. The van der Waals surface area contributed by atoms with Gasteiger partial charge in [0.05, 0.1) is 17.8 Å². The van der Waals surface area contributed by atoms with Gasteiger partial charge < -0.3 is 5.11 Å². The number of nitrogens with one attached hydrogen (secondary N) is 2. The van der Waals surface area contributed by atoms with Crippen molar-refractivity contribution in [2.75, 3.05) is 0 Å². The summed E-state index contributed by atoms with van der Waals surface area (Å²) in [6.45, 7) is 3.26. The Labute approximate surface area is 114 Å². The first-order chi connectivity index (χ1) is 8.95. The fourth-order valence-corrected chi connectivity index (χ4v) is 3.55. The van der Waals surface area contributed by atoms with Gasteiger partial charge in [-0.3, -0.25) is 5.10 Å². The molecule has 0 aliphatic rings. The smallest absolute Gasteiger partial charge is 0.260 e. The number of aliphatic hydroxyl groups excluding tert-OH is 1. The van der Waals surface area contributed by atoms with E-state index in [2.05, 4.69) is 19.9 Å². The van der Waals surface area contributed by atoms with Gasteiger partial charge in [-0.1, -0.05) is 0 Å². The van der Waals surface area contributed by atoms with E-state index in [-0.39, 0.29) is 23.7 Å². The molecule has 2 aromatic heterocycles. The molecule has 2 aromatic rings. The molecule has 3 N–H and O–H groups in total. The van der Waals surface area contributed by atoms with Crippen LogP contribution in [0, 0.1) is 13.8 Å². The number of hydrogen-bond acceptors (Lipinski definition) is 6. The van der Waals surface area contributed by atoms with Crippen LogP contribution >= 0.6 is 11.3 Å². The summed E-state index contributed by atoms with van der Waals surface area (Å²) < 4.78 is 26.7. The minimum atomic E-state index is -3.75. The molecule has 104 valence electrons. The summed E-state index contributed by atoms with van der Waals surface area (Å²) in [6.07, 6.45) is 0. The molecular weight excluding hydrogens is 288 g/mol. The van der Waals surface area contributed by atoms with Crippen LogP contribution in [0.4, 0.5) is 0 Å². The van der Waals surface area contributed by atoms with Gasteiger partial charge in [-0.05, 0) is 13.8 Å². The number of aromatic amines is 1. The Morgan fingerprint density at radius 1 is 1.47 bits per heavy atom. The van der Waals surface area contributed by atoms with Crippen LogP contribution in [0.1, 0.15) is 21.8 Å². The molecule has 0 aliphatic heterocycles. The topological polar surface area (TPSA) is 108 Å². The van der Waals surface area contributed by atoms with Crippen molar-refractivity contribution in [1.82, 2.24) is 19.9 Å². The number of hydrogen-bond donors (Lipinski definition) is 3. The number of aliphatic hydroxyl groups is 1. The molecule has 0 aromatic carbocycles. The number of sulfonamides is 1. The van der Waals surface area contributed by atoms with Crippen LogP contribution < -0.4 is 4.72 Å². The van der Waals surface area contributed by atoms with E-state index in [1.165, 1.54) is 11.3 Å². The lowest BCUT2D eigenvalue weighted by atomic mass is 10.3. The normalized spacial score (nSPS) is 11.9. The molecule has 9 heteroatoms. The second-order valence-electron chi connectivity index (χ2n) is 3.98. The van der Waals surface area contributed by atoms with Crippen LogP contribution in [-0.4, -0.2) is 28.7 Å². The fraction of sp³-hybridized carbons (Fsp3) is 0.400. The Kier molecular flexibility index (Phi) is 3.99. The third-order valence-electron chi connectivity index (χ3n) is 2.72. The van der Waals surface area contributed by atoms with E-state index in [4.69, 9.17) is 0 Å². The lowest BCUT2D eigenvalue weighted by Crippen LogP contribution is -2.24. The third kappa shape index (κ3) is 2.84. The molecular formula is C10H14N4O3S2. The molecule has 0 bridgehead atoms. The predicted molar refractivity (Wildman–Crippen MR) is 70.1 cm³/mol. The van der Waals surface area contributed by atoms with Crippen molar-refractivity contribution in [2.45, 2.75) is 32.0 Å². The summed E-state index contributed by atoms with van der Waals surface area (Å²) in [7, 11) is -3.75. The van der Waals surface area contributed by atoms with Gasteiger partial charge >= 0.3 is 0 Å². The van der Waals surface area contributed by atoms with Crippen molar-refractivity contribution in [3.05, 3.63) is 27.3 Å². The van der Waals surface area contributed by atoms with E-state index in [1.807, 2.05) is 6.92 Å². The van der Waals surface area contributed by atoms with Crippen LogP contribution in [0.3, 0.4) is 0 Å². The lowest BCUT2D eigenvalue weighted by Gasteiger charge is -2.05. The highest BCUT2D eigenvalue weighted by atomic mass is 32.2. The maximum absolute atomic E-state index is 12.1. The fourth-order valence-electron chi connectivity index (χ4n) is 1.56. The summed E-state index contributed by atoms with van der Waals surface area (Å²) in [6, 6.07) is 0.